The van der Waals surface area contributed by atoms with E-state index >= 15 is 0 Å². The Balaban J connectivity index is 2.19. The highest BCUT2D eigenvalue weighted by Crippen LogP contribution is 2.38. The van der Waals surface area contributed by atoms with E-state index in [-0.39, 0.29) is 17.8 Å². The molecule has 0 aliphatic carbocycles. The Bertz CT molecular complexity index is 889. The van der Waals surface area contributed by atoms with E-state index in [0.29, 0.717) is 25.1 Å². The summed E-state index contributed by atoms with van der Waals surface area (Å²) < 4.78 is 5.73. The van der Waals surface area contributed by atoms with Crippen molar-refractivity contribution in [1.29, 1.82) is 0 Å². The first kappa shape index (κ1) is 23.6. The quantitative estimate of drug-likeness (QED) is 0.470. The topological polar surface area (TPSA) is 59.5 Å². The van der Waals surface area contributed by atoms with Gasteiger partial charge in [-0.25, -0.2) is 0 Å². The minimum Gasteiger partial charge on any atom is -0.426 e. The van der Waals surface area contributed by atoms with Gasteiger partial charge in [-0.1, -0.05) is 39.8 Å². The summed E-state index contributed by atoms with van der Waals surface area (Å²) in [6, 6.07) is 9.76. The maximum atomic E-state index is 13.0. The summed E-state index contributed by atoms with van der Waals surface area (Å²) in [5, 5.41) is 0. The van der Waals surface area contributed by atoms with Crippen LogP contribution in [0.3, 0.4) is 0 Å². The van der Waals surface area contributed by atoms with E-state index in [0.717, 1.165) is 22.4 Å². The first-order chi connectivity index (χ1) is 14.0. The van der Waals surface area contributed by atoms with Crippen molar-refractivity contribution in [3.05, 3.63) is 58.9 Å². The number of carbonyl (C=O) groups excluding carboxylic acids is 2. The zero-order chi connectivity index (χ0) is 22.5. The van der Waals surface area contributed by atoms with Crippen molar-refractivity contribution in [3.63, 3.8) is 0 Å². The number of pyridine rings is 1. The molecule has 0 fully saturated rings. The van der Waals surface area contributed by atoms with Gasteiger partial charge in [-0.15, -0.1) is 0 Å². The molecule has 2 rings (SSSR count). The van der Waals surface area contributed by atoms with Crippen molar-refractivity contribution in [2.75, 3.05) is 13.6 Å². The van der Waals surface area contributed by atoms with Crippen LogP contribution in [0.15, 0.2) is 36.5 Å². The van der Waals surface area contributed by atoms with Gasteiger partial charge in [-0.2, -0.15) is 0 Å². The first-order valence-electron chi connectivity index (χ1n) is 10.5. The predicted molar refractivity (Wildman–Crippen MR) is 120 cm³/mol. The van der Waals surface area contributed by atoms with Gasteiger partial charge in [-0.3, -0.25) is 14.6 Å². The molecule has 0 atom stereocenters. The lowest BCUT2D eigenvalue weighted by molar-refractivity contribution is -0.137. The number of rotatable bonds is 8. The van der Waals surface area contributed by atoms with E-state index in [1.165, 1.54) is 0 Å². The summed E-state index contributed by atoms with van der Waals surface area (Å²) in [6.07, 6.45) is 2.80. The molecule has 1 aromatic carbocycles. The highest BCUT2D eigenvalue weighted by molar-refractivity contribution is 5.79. The third kappa shape index (κ3) is 6.15. The smallest absolute Gasteiger partial charge is 0.313 e. The van der Waals surface area contributed by atoms with Crippen LogP contribution in [0, 0.1) is 19.8 Å². The fourth-order valence-electron chi connectivity index (χ4n) is 3.66. The lowest BCUT2D eigenvalue weighted by atomic mass is 9.78. The Morgan fingerprint density at radius 1 is 1.17 bits per heavy atom. The second-order valence-corrected chi connectivity index (χ2v) is 8.98. The van der Waals surface area contributed by atoms with Crippen LogP contribution >= 0.6 is 0 Å². The Kier molecular flexibility index (Phi) is 7.77. The van der Waals surface area contributed by atoms with Gasteiger partial charge in [-0.05, 0) is 43.2 Å². The number of aromatic nitrogens is 1. The van der Waals surface area contributed by atoms with Gasteiger partial charge < -0.3 is 9.64 Å². The largest absolute Gasteiger partial charge is 0.426 e. The molecule has 5 heteroatoms. The number of aryl methyl sites for hydroxylation is 2. The second-order valence-electron chi connectivity index (χ2n) is 8.98. The third-order valence-electron chi connectivity index (χ3n) is 5.25. The number of benzene rings is 1. The van der Waals surface area contributed by atoms with Gasteiger partial charge in [0.1, 0.15) is 5.75 Å². The van der Waals surface area contributed by atoms with Crippen LogP contribution in [0.25, 0.3) is 0 Å². The van der Waals surface area contributed by atoms with Gasteiger partial charge >= 0.3 is 5.97 Å². The number of hydrogen-bond donors (Lipinski definition) is 0. The van der Waals surface area contributed by atoms with E-state index in [1.807, 2.05) is 72.9 Å². The van der Waals surface area contributed by atoms with Crippen LogP contribution in [0.5, 0.6) is 5.75 Å². The molecular formula is C25H34N2O3. The van der Waals surface area contributed by atoms with Crippen molar-refractivity contribution in [2.45, 2.75) is 59.8 Å². The zero-order valence-electron chi connectivity index (χ0n) is 19.3. The minimum atomic E-state index is -0.485. The summed E-state index contributed by atoms with van der Waals surface area (Å²) >= 11 is 0. The summed E-state index contributed by atoms with van der Waals surface area (Å²) in [5.74, 6) is 0.120. The number of amides is 1. The molecule has 0 saturated heterocycles. The Hall–Kier alpha value is -2.69. The van der Waals surface area contributed by atoms with Crippen LogP contribution in [0.1, 0.15) is 56.5 Å². The Labute approximate surface area is 180 Å². The molecule has 30 heavy (non-hydrogen) atoms. The third-order valence-corrected chi connectivity index (χ3v) is 5.25. The minimum absolute atomic E-state index is 0.0528. The molecule has 1 aromatic heterocycles. The summed E-state index contributed by atoms with van der Waals surface area (Å²) in [5.41, 5.74) is 3.44. The average Bonchev–Trinajstić information content (AvgIpc) is 2.65. The standard InChI is InChI=1S/C25H34N2O3/c1-17(2)24(29)30-21-15-18(3)14-19(4)23(21)25(5,6)16-22(28)27(7)13-11-20-10-8-9-12-26-20/h8-10,12,14-15,17H,11,13,16H2,1-7H3. The molecule has 5 nitrogen and oxygen atoms in total. The molecular weight excluding hydrogens is 376 g/mol. The molecule has 0 saturated carbocycles. The fourth-order valence-corrected chi connectivity index (χ4v) is 3.66. The molecule has 0 spiro atoms. The fraction of sp³-hybridized carbons (Fsp3) is 0.480. The SMILES string of the molecule is Cc1cc(C)c(C(C)(C)CC(=O)N(C)CCc2ccccn2)c(OC(=O)C(C)C)c1. The molecule has 0 radical (unpaired) electrons. The van der Waals surface area contributed by atoms with Crippen LogP contribution in [0.4, 0.5) is 0 Å². The van der Waals surface area contributed by atoms with Crippen LogP contribution < -0.4 is 4.74 Å². The summed E-state index contributed by atoms with van der Waals surface area (Å²) in [4.78, 5) is 31.3. The molecule has 0 N–H and O–H groups in total. The monoisotopic (exact) mass is 410 g/mol. The van der Waals surface area contributed by atoms with Gasteiger partial charge in [0.05, 0.1) is 5.92 Å². The number of nitrogens with zero attached hydrogens (tertiary/aromatic N) is 2. The van der Waals surface area contributed by atoms with E-state index in [4.69, 9.17) is 4.74 Å². The molecule has 162 valence electrons. The van der Waals surface area contributed by atoms with Crippen molar-refractivity contribution in [3.8, 4) is 5.75 Å². The maximum absolute atomic E-state index is 13.0. The van der Waals surface area contributed by atoms with Crippen LogP contribution in [-0.2, 0) is 21.4 Å². The van der Waals surface area contributed by atoms with Gasteiger partial charge in [0.15, 0.2) is 0 Å². The van der Waals surface area contributed by atoms with E-state index < -0.39 is 5.41 Å². The molecule has 0 unspecified atom stereocenters. The zero-order valence-corrected chi connectivity index (χ0v) is 19.3. The second kappa shape index (κ2) is 9.88. The molecule has 1 heterocycles. The predicted octanol–water partition coefficient (Wildman–Crippen LogP) is 4.63. The van der Waals surface area contributed by atoms with Crippen molar-refractivity contribution >= 4 is 11.9 Å². The summed E-state index contributed by atoms with van der Waals surface area (Å²) in [7, 11) is 1.82. The average molecular weight is 411 g/mol. The number of esters is 1. The van der Waals surface area contributed by atoms with Gasteiger partial charge in [0, 0.05) is 49.3 Å². The Morgan fingerprint density at radius 2 is 1.87 bits per heavy atom. The summed E-state index contributed by atoms with van der Waals surface area (Å²) in [6.45, 7) is 12.3. The molecule has 1 amide bonds. The van der Waals surface area contributed by atoms with Gasteiger partial charge in [0.2, 0.25) is 5.91 Å². The molecule has 2 aromatic rings. The van der Waals surface area contributed by atoms with Gasteiger partial charge in [0.25, 0.3) is 0 Å². The molecule has 0 bridgehead atoms. The lowest BCUT2D eigenvalue weighted by Crippen LogP contribution is -2.35. The molecule has 0 aliphatic heterocycles. The van der Waals surface area contributed by atoms with Crippen molar-refractivity contribution in [1.82, 2.24) is 9.88 Å². The van der Waals surface area contributed by atoms with E-state index in [2.05, 4.69) is 11.1 Å². The lowest BCUT2D eigenvalue weighted by Gasteiger charge is -2.31. The Morgan fingerprint density at radius 3 is 2.47 bits per heavy atom. The number of likely N-dealkylation sites (N-methyl/N-ethyl adjacent to an activating group) is 1. The number of ether oxygens (including phenoxy) is 1. The molecule has 0 aliphatic rings. The number of carbonyl (C=O) groups is 2. The normalized spacial score (nSPS) is 11.5. The van der Waals surface area contributed by atoms with Crippen molar-refractivity contribution in [2.24, 2.45) is 5.92 Å². The highest BCUT2D eigenvalue weighted by Gasteiger charge is 2.31. The maximum Gasteiger partial charge on any atom is 0.313 e. The first-order valence-corrected chi connectivity index (χ1v) is 10.5. The van der Waals surface area contributed by atoms with E-state index in [9.17, 15) is 9.59 Å². The van der Waals surface area contributed by atoms with Crippen molar-refractivity contribution < 1.29 is 14.3 Å². The van der Waals surface area contributed by atoms with E-state index in [1.54, 1.807) is 11.1 Å². The number of hydrogen-bond acceptors (Lipinski definition) is 4. The highest BCUT2D eigenvalue weighted by atomic mass is 16.5. The van der Waals surface area contributed by atoms with Crippen LogP contribution in [0.2, 0.25) is 0 Å². The van der Waals surface area contributed by atoms with Crippen LogP contribution in [-0.4, -0.2) is 35.4 Å².